The van der Waals surface area contributed by atoms with Crippen LogP contribution in [0, 0.1) is 13.8 Å². The van der Waals surface area contributed by atoms with E-state index in [9.17, 15) is 20.1 Å². The third-order valence-electron chi connectivity index (χ3n) is 5.01. The summed E-state index contributed by atoms with van der Waals surface area (Å²) in [6.07, 6.45) is 2.22. The van der Waals surface area contributed by atoms with Crippen LogP contribution in [0.3, 0.4) is 0 Å². The number of rotatable bonds is 5. The predicted molar refractivity (Wildman–Crippen MR) is 101 cm³/mol. The first-order chi connectivity index (χ1) is 13.8. The van der Waals surface area contributed by atoms with Crippen molar-refractivity contribution in [1.82, 2.24) is 20.3 Å². The molecule has 1 aliphatic heterocycles. The minimum absolute atomic E-state index is 0.230. The van der Waals surface area contributed by atoms with Crippen LogP contribution in [0.5, 0.6) is 11.5 Å². The normalized spacial score (nSPS) is 19.3. The fourth-order valence-electron chi connectivity index (χ4n) is 3.41. The molecular weight excluding hydrogens is 378 g/mol. The number of aromatic nitrogens is 3. The molecule has 1 aromatic carbocycles. The fraction of sp³-hybridized carbons (Fsp3) is 0.316. The molecule has 2 unspecified atom stereocenters. The van der Waals surface area contributed by atoms with E-state index in [1.165, 1.54) is 23.2 Å². The van der Waals surface area contributed by atoms with Gasteiger partial charge in [0.15, 0.2) is 17.9 Å². The maximum Gasteiger partial charge on any atom is 0.247 e. The van der Waals surface area contributed by atoms with Gasteiger partial charge >= 0.3 is 0 Å². The Morgan fingerprint density at radius 1 is 1.24 bits per heavy atom. The molecule has 1 amide bonds. The minimum Gasteiger partial charge on any atom is -0.504 e. The molecule has 4 N–H and O–H groups in total. The SMILES string of the molecule is Cc1noc(C)c1Cn1cc(N2C(=O)C(Cc3ccc(O)c(O)c3)NC2O)cn1. The predicted octanol–water partition coefficient (Wildman–Crippen LogP) is 0.771. The molecule has 1 fully saturated rings. The Hall–Kier alpha value is -3.37. The Bertz CT molecular complexity index is 1040. The van der Waals surface area contributed by atoms with Crippen LogP contribution in [0.4, 0.5) is 5.69 Å². The smallest absolute Gasteiger partial charge is 0.247 e. The molecule has 2 aromatic heterocycles. The van der Waals surface area contributed by atoms with Gasteiger partial charge in [-0.05, 0) is 38.0 Å². The largest absolute Gasteiger partial charge is 0.504 e. The first-order valence-corrected chi connectivity index (χ1v) is 9.05. The number of benzene rings is 1. The molecule has 29 heavy (non-hydrogen) atoms. The summed E-state index contributed by atoms with van der Waals surface area (Å²) >= 11 is 0. The van der Waals surface area contributed by atoms with Gasteiger partial charge in [0.25, 0.3) is 0 Å². The summed E-state index contributed by atoms with van der Waals surface area (Å²) in [5.41, 5.74) is 2.79. The van der Waals surface area contributed by atoms with Gasteiger partial charge in [-0.3, -0.25) is 19.7 Å². The number of phenolic OH excluding ortho intramolecular Hbond substituents is 2. The van der Waals surface area contributed by atoms with E-state index >= 15 is 0 Å². The van der Waals surface area contributed by atoms with E-state index in [2.05, 4.69) is 15.6 Å². The molecule has 4 rings (SSSR count). The van der Waals surface area contributed by atoms with Crippen LogP contribution < -0.4 is 10.2 Å². The number of aliphatic hydroxyl groups excluding tert-OH is 1. The monoisotopic (exact) mass is 399 g/mol. The number of aromatic hydroxyl groups is 2. The second kappa shape index (κ2) is 7.22. The highest BCUT2D eigenvalue weighted by Crippen LogP contribution is 2.27. The van der Waals surface area contributed by atoms with Crippen LogP contribution >= 0.6 is 0 Å². The Labute approximate surface area is 166 Å². The molecule has 0 aliphatic carbocycles. The Morgan fingerprint density at radius 3 is 2.72 bits per heavy atom. The van der Waals surface area contributed by atoms with Gasteiger partial charge in [0.1, 0.15) is 5.76 Å². The van der Waals surface area contributed by atoms with Gasteiger partial charge in [0, 0.05) is 11.8 Å². The van der Waals surface area contributed by atoms with Gasteiger partial charge in [-0.2, -0.15) is 5.10 Å². The molecule has 10 nitrogen and oxygen atoms in total. The van der Waals surface area contributed by atoms with Crippen LogP contribution in [0.25, 0.3) is 0 Å². The van der Waals surface area contributed by atoms with Gasteiger partial charge in [0.05, 0.1) is 30.2 Å². The molecule has 3 heterocycles. The van der Waals surface area contributed by atoms with Gasteiger partial charge in [-0.25, -0.2) is 0 Å². The quantitative estimate of drug-likeness (QED) is 0.462. The van der Waals surface area contributed by atoms with E-state index < -0.39 is 12.4 Å². The maximum atomic E-state index is 12.8. The second-order valence-corrected chi connectivity index (χ2v) is 7.03. The summed E-state index contributed by atoms with van der Waals surface area (Å²) < 4.78 is 6.80. The third-order valence-corrected chi connectivity index (χ3v) is 5.01. The highest BCUT2D eigenvalue weighted by Gasteiger charge is 2.39. The maximum absolute atomic E-state index is 12.8. The third kappa shape index (κ3) is 3.55. The summed E-state index contributed by atoms with van der Waals surface area (Å²) in [5.74, 6) is -0.101. The van der Waals surface area contributed by atoms with E-state index in [4.69, 9.17) is 4.52 Å². The summed E-state index contributed by atoms with van der Waals surface area (Å²) in [4.78, 5) is 14.1. The van der Waals surface area contributed by atoms with Gasteiger partial charge in [0.2, 0.25) is 5.91 Å². The van der Waals surface area contributed by atoms with E-state index in [1.807, 2.05) is 13.8 Å². The number of carbonyl (C=O) groups excluding carboxylic acids is 1. The van der Waals surface area contributed by atoms with E-state index in [-0.39, 0.29) is 23.8 Å². The zero-order chi connectivity index (χ0) is 20.7. The highest BCUT2D eigenvalue weighted by molar-refractivity contribution is 5.99. The zero-order valence-electron chi connectivity index (χ0n) is 15.9. The molecule has 152 valence electrons. The molecule has 3 aromatic rings. The number of aryl methyl sites for hydroxylation is 2. The summed E-state index contributed by atoms with van der Waals surface area (Å²) in [5, 5.41) is 40.4. The van der Waals surface area contributed by atoms with Gasteiger partial charge in [-0.15, -0.1) is 0 Å². The number of aliphatic hydroxyl groups is 1. The minimum atomic E-state index is -1.20. The number of carbonyl (C=O) groups is 1. The van der Waals surface area contributed by atoms with E-state index in [0.717, 1.165) is 11.3 Å². The van der Waals surface area contributed by atoms with Crippen LogP contribution in [-0.2, 0) is 17.8 Å². The lowest BCUT2D eigenvalue weighted by Gasteiger charge is -2.17. The Morgan fingerprint density at radius 2 is 2.03 bits per heavy atom. The van der Waals surface area contributed by atoms with Gasteiger partial charge < -0.3 is 19.8 Å². The molecule has 1 aliphatic rings. The summed E-state index contributed by atoms with van der Waals surface area (Å²) in [6, 6.07) is 3.68. The topological polar surface area (TPSA) is 137 Å². The van der Waals surface area contributed by atoms with Crippen LogP contribution in [0.15, 0.2) is 35.1 Å². The first kappa shape index (κ1) is 19.0. The lowest BCUT2D eigenvalue weighted by atomic mass is 10.1. The number of nitrogens with one attached hydrogen (secondary N) is 1. The molecule has 10 heteroatoms. The van der Waals surface area contributed by atoms with Crippen molar-refractivity contribution in [3.8, 4) is 11.5 Å². The number of nitrogens with zero attached hydrogens (tertiary/aromatic N) is 4. The van der Waals surface area contributed by atoms with Gasteiger partial charge in [-0.1, -0.05) is 11.2 Å². The Balaban J connectivity index is 1.50. The molecule has 0 spiro atoms. The molecule has 2 atom stereocenters. The van der Waals surface area contributed by atoms with Crippen molar-refractivity contribution in [2.75, 3.05) is 4.90 Å². The Kier molecular flexibility index (Phi) is 4.73. The van der Waals surface area contributed by atoms with E-state index in [1.54, 1.807) is 16.9 Å². The van der Waals surface area contributed by atoms with Crippen molar-refractivity contribution >= 4 is 11.6 Å². The molecule has 0 bridgehead atoms. The van der Waals surface area contributed by atoms with Crippen molar-refractivity contribution in [3.05, 3.63) is 53.2 Å². The van der Waals surface area contributed by atoms with Crippen molar-refractivity contribution in [1.29, 1.82) is 0 Å². The van der Waals surface area contributed by atoms with E-state index in [0.29, 0.717) is 23.6 Å². The molecular formula is C19H21N5O5. The first-order valence-electron chi connectivity index (χ1n) is 9.05. The van der Waals surface area contributed by atoms with Crippen molar-refractivity contribution in [3.63, 3.8) is 0 Å². The summed E-state index contributed by atoms with van der Waals surface area (Å²) in [6.45, 7) is 4.10. The number of hydrogen-bond donors (Lipinski definition) is 4. The number of hydrogen-bond acceptors (Lipinski definition) is 8. The number of amides is 1. The van der Waals surface area contributed by atoms with Crippen LogP contribution in [-0.4, -0.2) is 48.6 Å². The summed E-state index contributed by atoms with van der Waals surface area (Å²) in [7, 11) is 0. The van der Waals surface area contributed by atoms with Crippen molar-refractivity contribution < 1.29 is 24.6 Å². The lowest BCUT2D eigenvalue weighted by molar-refractivity contribution is -0.118. The number of anilines is 1. The fourth-order valence-corrected chi connectivity index (χ4v) is 3.41. The number of phenols is 2. The average Bonchev–Trinajstić information content (AvgIpc) is 3.33. The average molecular weight is 399 g/mol. The van der Waals surface area contributed by atoms with Crippen molar-refractivity contribution in [2.24, 2.45) is 0 Å². The molecule has 0 saturated carbocycles. The van der Waals surface area contributed by atoms with Crippen molar-refractivity contribution in [2.45, 2.75) is 39.2 Å². The highest BCUT2D eigenvalue weighted by atomic mass is 16.5. The second-order valence-electron chi connectivity index (χ2n) is 7.03. The standard InChI is InChI=1S/C19H21N5O5/c1-10-14(11(2)29-22-10)9-23-8-13(7-20-23)24-18(27)15(21-19(24)28)5-12-3-4-16(25)17(26)6-12/h3-4,6-8,15,19,21,25-26,28H,5,9H2,1-2H3. The molecule has 0 radical (unpaired) electrons. The molecule has 1 saturated heterocycles. The van der Waals surface area contributed by atoms with Crippen LogP contribution in [0.1, 0.15) is 22.6 Å². The zero-order valence-corrected chi connectivity index (χ0v) is 15.9. The van der Waals surface area contributed by atoms with Crippen LogP contribution in [0.2, 0.25) is 0 Å². The lowest BCUT2D eigenvalue weighted by Crippen LogP contribution is -2.36.